The van der Waals surface area contributed by atoms with E-state index in [1.807, 2.05) is 12.1 Å². The number of nitrogens with one attached hydrogen (secondary N) is 1. The van der Waals surface area contributed by atoms with Crippen molar-refractivity contribution < 1.29 is 9.72 Å². The molecule has 5 nitrogen and oxygen atoms in total. The zero-order valence-electron chi connectivity index (χ0n) is 13.0. The number of carbonyl (C=O) groups excluding carboxylic acids is 1. The highest BCUT2D eigenvalue weighted by Gasteiger charge is 2.10. The Kier molecular flexibility index (Phi) is 4.77. The molecule has 3 aromatic rings. The highest BCUT2D eigenvalue weighted by molar-refractivity contribution is 6.34. The first-order valence-electron chi connectivity index (χ1n) is 7.45. The predicted octanol–water partition coefficient (Wildman–Crippen LogP) is 5.17. The molecule has 0 aromatic heterocycles. The quantitative estimate of drug-likeness (QED) is 0.520. The smallest absolute Gasteiger partial charge is 0.269 e. The topological polar surface area (TPSA) is 72.2 Å². The second-order valence-electron chi connectivity index (χ2n) is 5.32. The first-order valence-corrected chi connectivity index (χ1v) is 7.83. The highest BCUT2D eigenvalue weighted by atomic mass is 35.5. The molecule has 124 valence electrons. The van der Waals surface area contributed by atoms with Crippen molar-refractivity contribution in [3.8, 4) is 11.1 Å². The Morgan fingerprint density at radius 2 is 1.44 bits per heavy atom. The molecule has 1 N–H and O–H groups in total. The van der Waals surface area contributed by atoms with Gasteiger partial charge in [-0.1, -0.05) is 35.9 Å². The molecule has 0 saturated heterocycles. The molecule has 0 heterocycles. The van der Waals surface area contributed by atoms with E-state index in [9.17, 15) is 14.9 Å². The van der Waals surface area contributed by atoms with Crippen molar-refractivity contribution in [2.24, 2.45) is 0 Å². The summed E-state index contributed by atoms with van der Waals surface area (Å²) in [4.78, 5) is 22.5. The number of benzene rings is 3. The van der Waals surface area contributed by atoms with Gasteiger partial charge in [0, 0.05) is 17.8 Å². The third-order valence-electron chi connectivity index (χ3n) is 3.67. The number of nitro benzene ring substituents is 1. The van der Waals surface area contributed by atoms with Crippen molar-refractivity contribution in [3.63, 3.8) is 0 Å². The molecule has 0 atom stereocenters. The van der Waals surface area contributed by atoms with Gasteiger partial charge < -0.3 is 5.32 Å². The fourth-order valence-electron chi connectivity index (χ4n) is 2.37. The van der Waals surface area contributed by atoms with Crippen LogP contribution < -0.4 is 5.32 Å². The normalized spacial score (nSPS) is 10.3. The van der Waals surface area contributed by atoms with Crippen molar-refractivity contribution in [1.29, 1.82) is 0 Å². The van der Waals surface area contributed by atoms with Gasteiger partial charge in [-0.25, -0.2) is 0 Å². The van der Waals surface area contributed by atoms with Gasteiger partial charge in [-0.2, -0.15) is 0 Å². The summed E-state index contributed by atoms with van der Waals surface area (Å²) < 4.78 is 0. The molecule has 0 unspecified atom stereocenters. The number of halogens is 1. The SMILES string of the molecule is O=C(Nc1ccc(-c2ccc([N+](=O)[O-])cc2)cc1)c1ccccc1Cl. The van der Waals surface area contributed by atoms with Gasteiger partial charge in [0.15, 0.2) is 0 Å². The lowest BCUT2D eigenvalue weighted by atomic mass is 10.0. The molecular weight excluding hydrogens is 340 g/mol. The van der Waals surface area contributed by atoms with Crippen LogP contribution in [0, 0.1) is 10.1 Å². The van der Waals surface area contributed by atoms with Crippen LogP contribution in [0.1, 0.15) is 10.4 Å². The van der Waals surface area contributed by atoms with Gasteiger partial charge >= 0.3 is 0 Å². The van der Waals surface area contributed by atoms with E-state index in [1.165, 1.54) is 12.1 Å². The van der Waals surface area contributed by atoms with Gasteiger partial charge in [0.25, 0.3) is 11.6 Å². The van der Waals surface area contributed by atoms with E-state index in [1.54, 1.807) is 48.5 Å². The number of nitro groups is 1. The van der Waals surface area contributed by atoms with Crippen molar-refractivity contribution >= 4 is 28.9 Å². The van der Waals surface area contributed by atoms with Crippen LogP contribution in [-0.4, -0.2) is 10.8 Å². The molecule has 0 saturated carbocycles. The van der Waals surface area contributed by atoms with Gasteiger partial charge in [0.1, 0.15) is 0 Å². The zero-order chi connectivity index (χ0) is 17.8. The van der Waals surface area contributed by atoms with Crippen molar-refractivity contribution in [3.05, 3.63) is 93.5 Å². The molecule has 25 heavy (non-hydrogen) atoms. The molecule has 1 amide bonds. The van der Waals surface area contributed by atoms with Crippen LogP contribution in [0.25, 0.3) is 11.1 Å². The third-order valence-corrected chi connectivity index (χ3v) is 4.00. The molecule has 0 aliphatic heterocycles. The largest absolute Gasteiger partial charge is 0.322 e. The minimum Gasteiger partial charge on any atom is -0.322 e. The first-order chi connectivity index (χ1) is 12.0. The maximum atomic E-state index is 12.2. The van der Waals surface area contributed by atoms with Crippen molar-refractivity contribution in [2.75, 3.05) is 5.32 Å². The number of non-ortho nitro benzene ring substituents is 1. The summed E-state index contributed by atoms with van der Waals surface area (Å²) in [5.74, 6) is -0.284. The van der Waals surface area contributed by atoms with Gasteiger partial charge in [0.05, 0.1) is 15.5 Å². The third kappa shape index (κ3) is 3.84. The van der Waals surface area contributed by atoms with E-state index in [-0.39, 0.29) is 11.6 Å². The Morgan fingerprint density at radius 1 is 0.880 bits per heavy atom. The molecule has 0 aliphatic rings. The second kappa shape index (κ2) is 7.15. The van der Waals surface area contributed by atoms with Gasteiger partial charge in [-0.15, -0.1) is 0 Å². The molecule has 3 aromatic carbocycles. The van der Waals surface area contributed by atoms with Crippen LogP contribution in [0.4, 0.5) is 11.4 Å². The Balaban J connectivity index is 1.75. The van der Waals surface area contributed by atoms with Crippen molar-refractivity contribution in [2.45, 2.75) is 0 Å². The van der Waals surface area contributed by atoms with E-state index in [0.29, 0.717) is 16.3 Å². The van der Waals surface area contributed by atoms with E-state index < -0.39 is 4.92 Å². The van der Waals surface area contributed by atoms with Crippen LogP contribution in [0.3, 0.4) is 0 Å². The maximum absolute atomic E-state index is 12.2. The lowest BCUT2D eigenvalue weighted by Gasteiger charge is -2.08. The fraction of sp³-hybridized carbons (Fsp3) is 0. The summed E-state index contributed by atoms with van der Waals surface area (Å²) in [6, 6.07) is 20.3. The number of amides is 1. The molecular formula is C19H13ClN2O3. The van der Waals surface area contributed by atoms with Crippen LogP contribution in [0.5, 0.6) is 0 Å². The van der Waals surface area contributed by atoms with E-state index >= 15 is 0 Å². The molecule has 0 aliphatic carbocycles. The van der Waals surface area contributed by atoms with E-state index in [0.717, 1.165) is 11.1 Å². The first kappa shape index (κ1) is 16.7. The summed E-state index contributed by atoms with van der Waals surface area (Å²) >= 11 is 6.02. The molecule has 3 rings (SSSR count). The zero-order valence-corrected chi connectivity index (χ0v) is 13.7. The number of carbonyl (C=O) groups is 1. The molecule has 6 heteroatoms. The predicted molar refractivity (Wildman–Crippen MR) is 97.9 cm³/mol. The van der Waals surface area contributed by atoms with Crippen LogP contribution in [-0.2, 0) is 0 Å². The number of nitrogens with zero attached hydrogens (tertiary/aromatic N) is 1. The van der Waals surface area contributed by atoms with Crippen molar-refractivity contribution in [1.82, 2.24) is 0 Å². The van der Waals surface area contributed by atoms with Crippen LogP contribution in [0.15, 0.2) is 72.8 Å². The highest BCUT2D eigenvalue weighted by Crippen LogP contribution is 2.24. The van der Waals surface area contributed by atoms with Gasteiger partial charge in [-0.05, 0) is 47.5 Å². The molecule has 0 radical (unpaired) electrons. The van der Waals surface area contributed by atoms with E-state index in [4.69, 9.17) is 11.6 Å². The summed E-state index contributed by atoms with van der Waals surface area (Å²) in [6.07, 6.45) is 0. The number of hydrogen-bond acceptors (Lipinski definition) is 3. The fourth-order valence-corrected chi connectivity index (χ4v) is 2.59. The van der Waals surface area contributed by atoms with Gasteiger partial charge in [-0.3, -0.25) is 14.9 Å². The monoisotopic (exact) mass is 352 g/mol. The van der Waals surface area contributed by atoms with Crippen LogP contribution >= 0.6 is 11.6 Å². The lowest BCUT2D eigenvalue weighted by molar-refractivity contribution is -0.384. The summed E-state index contributed by atoms with van der Waals surface area (Å²) in [5.41, 5.74) is 2.84. The molecule has 0 bridgehead atoms. The van der Waals surface area contributed by atoms with Gasteiger partial charge in [0.2, 0.25) is 0 Å². The Morgan fingerprint density at radius 3 is 2.00 bits per heavy atom. The lowest BCUT2D eigenvalue weighted by Crippen LogP contribution is -2.12. The minimum atomic E-state index is -0.433. The summed E-state index contributed by atoms with van der Waals surface area (Å²) in [7, 11) is 0. The Labute approximate surface area is 149 Å². The minimum absolute atomic E-state index is 0.0485. The molecule has 0 fully saturated rings. The number of hydrogen-bond donors (Lipinski definition) is 1. The Hall–Kier alpha value is -3.18. The number of rotatable bonds is 4. The Bertz CT molecular complexity index is 922. The number of anilines is 1. The molecule has 0 spiro atoms. The van der Waals surface area contributed by atoms with E-state index in [2.05, 4.69) is 5.32 Å². The maximum Gasteiger partial charge on any atom is 0.269 e. The summed E-state index contributed by atoms with van der Waals surface area (Å²) in [6.45, 7) is 0. The average Bonchev–Trinajstić information content (AvgIpc) is 2.63. The second-order valence-corrected chi connectivity index (χ2v) is 5.72. The van der Waals surface area contributed by atoms with Crippen LogP contribution in [0.2, 0.25) is 5.02 Å². The average molecular weight is 353 g/mol. The standard InChI is InChI=1S/C19H13ClN2O3/c20-18-4-2-1-3-17(18)19(23)21-15-9-5-13(6-10-15)14-7-11-16(12-8-14)22(24)25/h1-12H,(H,21,23). The summed E-state index contributed by atoms with van der Waals surface area (Å²) in [5, 5.41) is 13.9.